The highest BCUT2D eigenvalue weighted by Gasteiger charge is 2.29. The van der Waals surface area contributed by atoms with E-state index in [0.29, 0.717) is 33.7 Å². The topological polar surface area (TPSA) is 134 Å². The monoisotopic (exact) mass is 554 g/mol. The predicted molar refractivity (Wildman–Crippen MR) is 139 cm³/mol. The Kier molecular flexibility index (Phi) is 7.39. The first kappa shape index (κ1) is 25.5. The summed E-state index contributed by atoms with van der Waals surface area (Å²) >= 11 is 19.6. The lowest BCUT2D eigenvalue weighted by atomic mass is 10.1. The molecule has 2 unspecified atom stereocenters. The van der Waals surface area contributed by atoms with E-state index in [1.807, 2.05) is 0 Å². The number of hydrogen-bond donors (Lipinski definition) is 5. The quantitative estimate of drug-likeness (QED) is 0.217. The fraction of sp³-hybridized carbons (Fsp3) is 0.273. The predicted octanol–water partition coefficient (Wildman–Crippen LogP) is 4.83. The van der Waals surface area contributed by atoms with E-state index >= 15 is 0 Å². The Morgan fingerprint density at radius 2 is 1.91 bits per heavy atom. The second-order valence-electron chi connectivity index (χ2n) is 8.03. The van der Waals surface area contributed by atoms with Crippen LogP contribution in [-0.4, -0.2) is 50.0 Å². The minimum absolute atomic E-state index is 0.0927. The van der Waals surface area contributed by atoms with Gasteiger partial charge in [-0.1, -0.05) is 34.8 Å². The number of pyridine rings is 1. The Balaban J connectivity index is 1.61. The molecule has 9 nitrogen and oxygen atoms in total. The van der Waals surface area contributed by atoms with Gasteiger partial charge in [-0.15, -0.1) is 0 Å². The molecule has 1 aliphatic rings. The summed E-state index contributed by atoms with van der Waals surface area (Å²) in [5, 5.41) is 35.5. The van der Waals surface area contributed by atoms with Gasteiger partial charge >= 0.3 is 0 Å². The summed E-state index contributed by atoms with van der Waals surface area (Å²) in [6, 6.07) is 5.87. The minimum atomic E-state index is -0.718. The molecule has 1 amide bonds. The Hall–Kier alpha value is -2.63. The van der Waals surface area contributed by atoms with Gasteiger partial charge in [-0.3, -0.25) is 10.2 Å². The Morgan fingerprint density at radius 3 is 2.63 bits per heavy atom. The van der Waals surface area contributed by atoms with Crippen molar-refractivity contribution in [3.63, 3.8) is 0 Å². The van der Waals surface area contributed by atoms with Gasteiger partial charge in [0.15, 0.2) is 0 Å². The normalized spacial score (nSPS) is 14.4. The zero-order chi connectivity index (χ0) is 25.4. The highest BCUT2D eigenvalue weighted by atomic mass is 35.5. The van der Waals surface area contributed by atoms with Crippen molar-refractivity contribution in [3.05, 3.63) is 56.2 Å². The molecule has 5 N–H and O–H groups in total. The average Bonchev–Trinajstić information content (AvgIpc) is 3.36. The van der Waals surface area contributed by atoms with E-state index in [2.05, 4.69) is 20.0 Å². The molecule has 184 valence electrons. The van der Waals surface area contributed by atoms with Crippen LogP contribution in [0.4, 0.5) is 16.5 Å². The maximum absolute atomic E-state index is 13.3. The zero-order valence-electron chi connectivity index (χ0n) is 18.6. The molecule has 4 rings (SSSR count). The van der Waals surface area contributed by atoms with Crippen LogP contribution in [0.15, 0.2) is 24.3 Å². The van der Waals surface area contributed by atoms with Crippen molar-refractivity contribution in [3.8, 4) is 5.88 Å². The fourth-order valence-corrected chi connectivity index (χ4v) is 5.06. The number of nitrogens with one attached hydrogen (secondary N) is 3. The lowest BCUT2D eigenvalue weighted by Crippen LogP contribution is -2.39. The molecule has 1 aromatic carbocycles. The molecular formula is C22H21Cl3N6O3S. The van der Waals surface area contributed by atoms with Crippen LogP contribution in [0, 0.1) is 5.41 Å². The van der Waals surface area contributed by atoms with E-state index in [9.17, 15) is 15.0 Å². The van der Waals surface area contributed by atoms with E-state index in [1.54, 1.807) is 30.9 Å². The number of benzene rings is 1. The van der Waals surface area contributed by atoms with Gasteiger partial charge in [-0.25, -0.2) is 4.98 Å². The number of carbonyl (C=O) groups is 1. The number of anilines is 3. The Labute approximate surface area is 220 Å². The lowest BCUT2D eigenvalue weighted by Gasteiger charge is -2.19. The Morgan fingerprint density at radius 1 is 1.20 bits per heavy atom. The number of rotatable bonds is 6. The van der Waals surface area contributed by atoms with Crippen molar-refractivity contribution < 1.29 is 15.0 Å². The van der Waals surface area contributed by atoms with Crippen molar-refractivity contribution in [2.24, 2.45) is 0 Å². The highest BCUT2D eigenvalue weighted by molar-refractivity contribution is 7.11. The van der Waals surface area contributed by atoms with Crippen LogP contribution in [0.2, 0.25) is 15.1 Å². The largest absolute Gasteiger partial charge is 0.492 e. The molecular weight excluding hydrogens is 535 g/mol. The second-order valence-corrected chi connectivity index (χ2v) is 10.1. The van der Waals surface area contributed by atoms with Crippen molar-refractivity contribution in [2.75, 3.05) is 16.8 Å². The van der Waals surface area contributed by atoms with E-state index in [4.69, 9.17) is 40.2 Å². The number of hydrogen-bond acceptors (Lipinski definition) is 8. The molecule has 0 saturated carbocycles. The third-order valence-corrected chi connectivity index (χ3v) is 7.06. The van der Waals surface area contributed by atoms with Crippen LogP contribution < -0.4 is 15.5 Å². The van der Waals surface area contributed by atoms with Crippen molar-refractivity contribution in [2.45, 2.75) is 32.4 Å². The number of aromatic hydroxyl groups is 1. The van der Waals surface area contributed by atoms with Gasteiger partial charge in [0, 0.05) is 21.6 Å². The van der Waals surface area contributed by atoms with E-state index < -0.39 is 12.1 Å². The summed E-state index contributed by atoms with van der Waals surface area (Å²) in [5.41, 5.74) is 1.67. The summed E-state index contributed by atoms with van der Waals surface area (Å²) in [4.78, 5) is 19.3. The molecule has 1 aliphatic heterocycles. The number of amidine groups is 1. The molecule has 0 saturated heterocycles. The van der Waals surface area contributed by atoms with E-state index in [-0.39, 0.29) is 39.7 Å². The van der Waals surface area contributed by atoms with Gasteiger partial charge in [0.05, 0.1) is 17.8 Å². The van der Waals surface area contributed by atoms with Gasteiger partial charge in [-0.2, -0.15) is 4.37 Å². The number of aliphatic hydroxyl groups is 1. The van der Waals surface area contributed by atoms with Crippen LogP contribution >= 0.6 is 46.3 Å². The second kappa shape index (κ2) is 10.2. The standard InChI is InChI=1S/C22H21Cl3N6O3S/c1-9(10(2)32)27-19(26)18-20(33)30-35-21(18)29-17-8-12(24)6-15(28-17)22(34)31-4-3-13-14(25)5-11(23)7-16(13)31/h5-10,32H,3-4H2,1-2H3,(H2,26,27)(H,28,29)(H,30,33). The number of halogens is 3. The first-order valence-corrected chi connectivity index (χ1v) is 12.4. The van der Waals surface area contributed by atoms with Gasteiger partial charge < -0.3 is 25.7 Å². The molecule has 0 aliphatic carbocycles. The van der Waals surface area contributed by atoms with Crippen LogP contribution in [-0.2, 0) is 6.42 Å². The smallest absolute Gasteiger partial charge is 0.277 e. The molecule has 2 atom stereocenters. The van der Waals surface area contributed by atoms with E-state index in [0.717, 1.165) is 17.1 Å². The van der Waals surface area contributed by atoms with Gasteiger partial charge in [-0.05, 0) is 61.6 Å². The van der Waals surface area contributed by atoms with Crippen molar-refractivity contribution >= 4 is 74.6 Å². The summed E-state index contributed by atoms with van der Waals surface area (Å²) in [6.45, 7) is 3.71. The van der Waals surface area contributed by atoms with Gasteiger partial charge in [0.2, 0.25) is 5.88 Å². The van der Waals surface area contributed by atoms with Crippen LogP contribution in [0.5, 0.6) is 5.88 Å². The lowest BCUT2D eigenvalue weighted by molar-refractivity contribution is 0.0984. The number of amides is 1. The molecule has 13 heteroatoms. The molecule has 0 radical (unpaired) electrons. The third-order valence-electron chi connectivity index (χ3n) is 5.53. The molecule has 0 bridgehead atoms. The number of aliphatic hydroxyl groups excluding tert-OH is 1. The zero-order valence-corrected chi connectivity index (χ0v) is 21.6. The van der Waals surface area contributed by atoms with Crippen molar-refractivity contribution in [1.82, 2.24) is 14.7 Å². The molecule has 0 spiro atoms. The summed E-state index contributed by atoms with van der Waals surface area (Å²) in [5.74, 6) is -0.632. The fourth-order valence-electron chi connectivity index (χ4n) is 3.57. The van der Waals surface area contributed by atoms with Crippen LogP contribution in [0.25, 0.3) is 0 Å². The first-order chi connectivity index (χ1) is 16.5. The number of nitrogens with zero attached hydrogens (tertiary/aromatic N) is 3. The SMILES string of the molecule is CC(O)C(C)NC(=N)c1c(O)nsc1Nc1cc(Cl)cc(C(=O)N2CCc3c(Cl)cc(Cl)cc32)n1. The number of carbonyl (C=O) groups excluding carboxylic acids is 1. The average molecular weight is 556 g/mol. The first-order valence-electron chi connectivity index (χ1n) is 10.5. The maximum atomic E-state index is 13.3. The summed E-state index contributed by atoms with van der Waals surface area (Å²) in [6.07, 6.45) is -0.129. The van der Waals surface area contributed by atoms with Gasteiger partial charge in [0.1, 0.15) is 27.9 Å². The highest BCUT2D eigenvalue weighted by Crippen LogP contribution is 2.38. The summed E-state index contributed by atoms with van der Waals surface area (Å²) < 4.78 is 3.90. The van der Waals surface area contributed by atoms with Gasteiger partial charge in [0.25, 0.3) is 5.91 Å². The van der Waals surface area contributed by atoms with E-state index in [1.165, 1.54) is 12.1 Å². The molecule has 2 aromatic heterocycles. The Bertz CT molecular complexity index is 1320. The van der Waals surface area contributed by atoms with Crippen LogP contribution in [0.1, 0.15) is 35.5 Å². The van der Waals surface area contributed by atoms with Crippen molar-refractivity contribution in [1.29, 1.82) is 5.41 Å². The number of fused-ring (bicyclic) bond motifs is 1. The molecule has 35 heavy (non-hydrogen) atoms. The molecule has 0 fully saturated rings. The third kappa shape index (κ3) is 5.31. The maximum Gasteiger partial charge on any atom is 0.277 e. The van der Waals surface area contributed by atoms with Crippen LogP contribution in [0.3, 0.4) is 0 Å². The minimum Gasteiger partial charge on any atom is -0.492 e. The number of aromatic nitrogens is 2. The molecule has 3 heterocycles. The molecule has 3 aromatic rings. The summed E-state index contributed by atoms with van der Waals surface area (Å²) in [7, 11) is 0.